The Kier molecular flexibility index (Phi) is 8.36. The molecule has 0 radical (unpaired) electrons. The van der Waals surface area contributed by atoms with E-state index in [1.807, 2.05) is 54.6 Å². The Hall–Kier alpha value is -3.39. The Bertz CT molecular complexity index is 1190. The lowest BCUT2D eigenvalue weighted by Crippen LogP contribution is -2.38. The standard InChI is InChI=1S/C27H30N4O3S/c1-19-15-29-27(35-18-21-6-4-12-28-16-21)30-26(19)22-7-5-13-31(17-22)25(32)11-9-20-8-10-23(33-2)24(14-20)34-3/h4,6,8-12,14-16,22H,5,7,13,17-18H2,1-3H3/b11-9+/t22-/m0/s1. The van der Waals surface area contributed by atoms with Gasteiger partial charge in [0.2, 0.25) is 5.91 Å². The number of hydrogen-bond donors (Lipinski definition) is 0. The highest BCUT2D eigenvalue weighted by Gasteiger charge is 2.26. The first-order valence-corrected chi connectivity index (χ1v) is 12.6. The zero-order valence-corrected chi connectivity index (χ0v) is 21.1. The van der Waals surface area contributed by atoms with Gasteiger partial charge in [-0.25, -0.2) is 9.97 Å². The minimum Gasteiger partial charge on any atom is -0.493 e. The molecule has 3 heterocycles. The SMILES string of the molecule is COc1ccc(/C=C/C(=O)N2CCC[C@H](c3nc(SCc4cccnc4)ncc3C)C2)cc1OC. The van der Waals surface area contributed by atoms with Gasteiger partial charge in [-0.1, -0.05) is 23.9 Å². The Morgan fingerprint density at radius 3 is 2.83 bits per heavy atom. The number of carbonyl (C=O) groups is 1. The second-order valence-electron chi connectivity index (χ2n) is 8.44. The molecule has 7 nitrogen and oxygen atoms in total. The average Bonchev–Trinajstić information content (AvgIpc) is 2.91. The van der Waals surface area contributed by atoms with Gasteiger partial charge < -0.3 is 14.4 Å². The van der Waals surface area contributed by atoms with Gasteiger partial charge in [-0.2, -0.15) is 0 Å². The number of methoxy groups -OCH3 is 2. The van der Waals surface area contributed by atoms with E-state index >= 15 is 0 Å². The van der Waals surface area contributed by atoms with E-state index in [0.29, 0.717) is 18.0 Å². The van der Waals surface area contributed by atoms with Crippen molar-refractivity contribution in [3.63, 3.8) is 0 Å². The number of carbonyl (C=O) groups excluding carboxylic acids is 1. The molecule has 1 amide bonds. The number of amides is 1. The van der Waals surface area contributed by atoms with Crippen molar-refractivity contribution < 1.29 is 14.3 Å². The van der Waals surface area contributed by atoms with Crippen LogP contribution >= 0.6 is 11.8 Å². The number of piperidine rings is 1. The molecule has 182 valence electrons. The Morgan fingerprint density at radius 1 is 1.20 bits per heavy atom. The first-order valence-electron chi connectivity index (χ1n) is 11.6. The van der Waals surface area contributed by atoms with Gasteiger partial charge >= 0.3 is 0 Å². The number of likely N-dealkylation sites (tertiary alicyclic amines) is 1. The van der Waals surface area contributed by atoms with Crippen molar-refractivity contribution in [2.45, 2.75) is 36.6 Å². The number of benzene rings is 1. The number of pyridine rings is 1. The van der Waals surface area contributed by atoms with E-state index in [9.17, 15) is 4.79 Å². The lowest BCUT2D eigenvalue weighted by molar-refractivity contribution is -0.127. The summed E-state index contributed by atoms with van der Waals surface area (Å²) in [7, 11) is 3.20. The predicted molar refractivity (Wildman–Crippen MR) is 138 cm³/mol. The van der Waals surface area contributed by atoms with Crippen molar-refractivity contribution in [3.05, 3.63) is 77.4 Å². The minimum atomic E-state index is 0.00219. The van der Waals surface area contributed by atoms with Gasteiger partial charge in [0.25, 0.3) is 0 Å². The Morgan fingerprint density at radius 2 is 2.06 bits per heavy atom. The molecule has 0 aliphatic carbocycles. The van der Waals surface area contributed by atoms with Gasteiger partial charge in [-0.3, -0.25) is 9.78 Å². The maximum Gasteiger partial charge on any atom is 0.246 e. The number of aromatic nitrogens is 3. The highest BCUT2D eigenvalue weighted by Crippen LogP contribution is 2.30. The molecular weight excluding hydrogens is 460 g/mol. The number of hydrogen-bond acceptors (Lipinski definition) is 7. The van der Waals surface area contributed by atoms with E-state index in [-0.39, 0.29) is 11.8 Å². The van der Waals surface area contributed by atoms with Gasteiger partial charge in [0.1, 0.15) is 0 Å². The van der Waals surface area contributed by atoms with Crippen LogP contribution in [0.25, 0.3) is 6.08 Å². The van der Waals surface area contributed by atoms with Crippen molar-refractivity contribution in [3.8, 4) is 11.5 Å². The number of ether oxygens (including phenoxy) is 2. The molecule has 1 fully saturated rings. The molecule has 1 aliphatic heterocycles. The Balaban J connectivity index is 1.42. The molecule has 0 N–H and O–H groups in total. The third kappa shape index (κ3) is 6.39. The van der Waals surface area contributed by atoms with E-state index < -0.39 is 0 Å². The second-order valence-corrected chi connectivity index (χ2v) is 9.38. The van der Waals surface area contributed by atoms with Crippen LogP contribution in [-0.4, -0.2) is 53.1 Å². The second kappa shape index (κ2) is 11.8. The quantitative estimate of drug-likeness (QED) is 0.252. The van der Waals surface area contributed by atoms with E-state index in [2.05, 4.69) is 16.0 Å². The number of rotatable bonds is 8. The fraction of sp³-hybridized carbons (Fsp3) is 0.333. The summed E-state index contributed by atoms with van der Waals surface area (Å²) in [6.45, 7) is 3.45. The smallest absolute Gasteiger partial charge is 0.246 e. The van der Waals surface area contributed by atoms with Crippen molar-refractivity contribution in [1.82, 2.24) is 19.9 Å². The maximum atomic E-state index is 13.0. The molecule has 35 heavy (non-hydrogen) atoms. The van der Waals surface area contributed by atoms with Crippen molar-refractivity contribution in [1.29, 1.82) is 0 Å². The van der Waals surface area contributed by atoms with Crippen molar-refractivity contribution in [2.24, 2.45) is 0 Å². The first kappa shape index (κ1) is 24.7. The number of thioether (sulfide) groups is 1. The predicted octanol–water partition coefficient (Wildman–Crippen LogP) is 4.91. The normalized spacial score (nSPS) is 15.9. The van der Waals surface area contributed by atoms with Crippen LogP contribution in [0.1, 0.15) is 41.1 Å². The van der Waals surface area contributed by atoms with E-state index in [4.69, 9.17) is 14.5 Å². The van der Waals surface area contributed by atoms with E-state index in [0.717, 1.165) is 52.7 Å². The summed E-state index contributed by atoms with van der Waals surface area (Å²) < 4.78 is 10.6. The highest BCUT2D eigenvalue weighted by molar-refractivity contribution is 7.98. The maximum absolute atomic E-state index is 13.0. The van der Waals surface area contributed by atoms with Crippen LogP contribution < -0.4 is 9.47 Å². The average molecular weight is 491 g/mol. The molecule has 1 aromatic carbocycles. The molecule has 1 saturated heterocycles. The van der Waals surface area contributed by atoms with Crippen molar-refractivity contribution >= 4 is 23.7 Å². The largest absolute Gasteiger partial charge is 0.493 e. The number of nitrogens with zero attached hydrogens (tertiary/aromatic N) is 4. The van der Waals surface area contributed by atoms with Crippen LogP contribution in [0.3, 0.4) is 0 Å². The summed E-state index contributed by atoms with van der Waals surface area (Å²) in [5.41, 5.74) is 4.12. The lowest BCUT2D eigenvalue weighted by Gasteiger charge is -2.32. The molecule has 0 saturated carbocycles. The summed E-state index contributed by atoms with van der Waals surface area (Å²) in [5, 5.41) is 0.756. The van der Waals surface area contributed by atoms with Crippen LogP contribution in [0, 0.1) is 6.92 Å². The summed E-state index contributed by atoms with van der Waals surface area (Å²) in [6, 6.07) is 9.58. The fourth-order valence-corrected chi connectivity index (χ4v) is 4.94. The lowest BCUT2D eigenvalue weighted by atomic mass is 9.92. The third-order valence-electron chi connectivity index (χ3n) is 6.03. The summed E-state index contributed by atoms with van der Waals surface area (Å²) >= 11 is 1.61. The van der Waals surface area contributed by atoms with Crippen LogP contribution in [0.5, 0.6) is 11.5 Å². The summed E-state index contributed by atoms with van der Waals surface area (Å²) in [4.78, 5) is 28.5. The molecule has 0 spiro atoms. The van der Waals surface area contributed by atoms with Crippen LogP contribution in [0.4, 0.5) is 0 Å². The van der Waals surface area contributed by atoms with Crippen LogP contribution in [-0.2, 0) is 10.5 Å². The van der Waals surface area contributed by atoms with Gasteiger partial charge in [0, 0.05) is 49.4 Å². The molecule has 1 aliphatic rings. The molecular formula is C27H30N4O3S. The van der Waals surface area contributed by atoms with Gasteiger partial charge in [-0.15, -0.1) is 0 Å². The number of aryl methyl sites for hydroxylation is 1. The fourth-order valence-electron chi connectivity index (χ4n) is 4.18. The molecule has 2 aromatic heterocycles. The van der Waals surface area contributed by atoms with Gasteiger partial charge in [0.05, 0.1) is 19.9 Å². The molecule has 3 aromatic rings. The van der Waals surface area contributed by atoms with E-state index in [1.54, 1.807) is 38.3 Å². The third-order valence-corrected chi connectivity index (χ3v) is 6.96. The van der Waals surface area contributed by atoms with Crippen LogP contribution in [0.15, 0.2) is 60.2 Å². The Labute approximate surface area is 210 Å². The molecule has 1 atom stereocenters. The van der Waals surface area contributed by atoms with Crippen molar-refractivity contribution in [2.75, 3.05) is 27.3 Å². The highest BCUT2D eigenvalue weighted by atomic mass is 32.2. The van der Waals surface area contributed by atoms with Gasteiger partial charge in [-0.05, 0) is 60.7 Å². The molecule has 8 heteroatoms. The summed E-state index contributed by atoms with van der Waals surface area (Å²) in [6.07, 6.45) is 10.9. The molecule has 4 rings (SSSR count). The van der Waals surface area contributed by atoms with E-state index in [1.165, 1.54) is 0 Å². The molecule has 0 bridgehead atoms. The monoisotopic (exact) mass is 490 g/mol. The molecule has 0 unspecified atom stereocenters. The van der Waals surface area contributed by atoms with Crippen LogP contribution in [0.2, 0.25) is 0 Å². The summed E-state index contributed by atoms with van der Waals surface area (Å²) in [5.74, 6) is 2.27. The first-order chi connectivity index (χ1) is 17.1. The zero-order chi connectivity index (χ0) is 24.6. The van der Waals surface area contributed by atoms with Gasteiger partial charge in [0.15, 0.2) is 16.7 Å². The zero-order valence-electron chi connectivity index (χ0n) is 20.3. The minimum absolute atomic E-state index is 0.00219. The topological polar surface area (TPSA) is 77.4 Å².